The fourth-order valence-electron chi connectivity index (χ4n) is 0.646. The quantitative estimate of drug-likeness (QED) is 0.389. The van der Waals surface area contributed by atoms with Gasteiger partial charge in [0.1, 0.15) is 5.60 Å². The van der Waals surface area contributed by atoms with Gasteiger partial charge in [-0.2, -0.15) is 0 Å². The summed E-state index contributed by atoms with van der Waals surface area (Å²) in [5.41, 5.74) is -0.417. The Balaban J connectivity index is 4.40. The van der Waals surface area contributed by atoms with E-state index in [1.165, 1.54) is 0 Å². The van der Waals surface area contributed by atoms with Gasteiger partial charge in [-0.15, -0.1) is 0 Å². The molecule has 0 saturated carbocycles. The van der Waals surface area contributed by atoms with Crippen LogP contribution in [0.25, 0.3) is 0 Å². The largest absolute Gasteiger partial charge is 0.457 e. The molecule has 0 saturated heterocycles. The molecule has 0 aromatic rings. The molecule has 3 heteroatoms. The molecule has 0 spiro atoms. The Morgan fingerprint density at radius 2 is 1.62 bits per heavy atom. The monoisotopic (exact) mass is 200 g/mol. The van der Waals surface area contributed by atoms with Crippen molar-refractivity contribution in [3.63, 3.8) is 0 Å². The van der Waals surface area contributed by atoms with Crippen LogP contribution < -0.4 is 0 Å². The molecule has 0 aromatic heterocycles. The third-order valence-corrected chi connectivity index (χ3v) is 3.57. The normalized spacial score (nSPS) is 12.5. The predicted molar refractivity (Wildman–Crippen MR) is 58.3 cm³/mol. The minimum absolute atomic E-state index is 0.244. The van der Waals surface area contributed by atoms with Crippen molar-refractivity contribution in [2.75, 3.05) is 0 Å². The molecule has 0 bridgehead atoms. The van der Waals surface area contributed by atoms with Crippen LogP contribution in [0.3, 0.4) is 0 Å². The second kappa shape index (κ2) is 3.66. The maximum atomic E-state index is 11.5. The molecule has 0 rings (SSSR count). The third-order valence-electron chi connectivity index (χ3n) is 1.55. The lowest BCUT2D eigenvalue weighted by molar-refractivity contribution is -0.149. The highest BCUT2D eigenvalue weighted by atomic mass is 28.3. The van der Waals surface area contributed by atoms with E-state index in [1.54, 1.807) is 0 Å². The summed E-state index contributed by atoms with van der Waals surface area (Å²) in [7, 11) is -1.59. The van der Waals surface area contributed by atoms with E-state index in [0.717, 1.165) is 0 Å². The number of hydrogen-bond acceptors (Lipinski definition) is 2. The first-order valence-electron chi connectivity index (χ1n) is 4.47. The highest BCUT2D eigenvalue weighted by Crippen LogP contribution is 2.17. The van der Waals surface area contributed by atoms with Crippen LogP contribution in [-0.2, 0) is 9.53 Å². The van der Waals surface area contributed by atoms with E-state index >= 15 is 0 Å². The van der Waals surface area contributed by atoms with Gasteiger partial charge in [-0.05, 0) is 20.8 Å². The van der Waals surface area contributed by atoms with Crippen LogP contribution in [0.2, 0.25) is 19.6 Å². The Bertz CT molecular complexity index is 218. The summed E-state index contributed by atoms with van der Waals surface area (Å²) in [6.07, 6.45) is 0. The van der Waals surface area contributed by atoms with Crippen LogP contribution in [-0.4, -0.2) is 19.6 Å². The van der Waals surface area contributed by atoms with Crippen LogP contribution in [0.4, 0.5) is 0 Å². The van der Waals surface area contributed by atoms with Gasteiger partial charge in [0.25, 0.3) is 0 Å². The van der Waals surface area contributed by atoms with Crippen LogP contribution in [0.1, 0.15) is 20.8 Å². The van der Waals surface area contributed by atoms with Gasteiger partial charge in [0.2, 0.25) is 0 Å². The zero-order valence-electron chi connectivity index (χ0n) is 9.52. The SMILES string of the molecule is C=C(C(=O)OC(C)(C)C)[Si](C)(C)C. The lowest BCUT2D eigenvalue weighted by atomic mass is 10.2. The predicted octanol–water partition coefficient (Wildman–Crippen LogP) is 2.76. The molecule has 0 aliphatic rings. The summed E-state index contributed by atoms with van der Waals surface area (Å²) in [5, 5.41) is 0.655. The number of hydrogen-bond donors (Lipinski definition) is 0. The summed E-state index contributed by atoms with van der Waals surface area (Å²) < 4.78 is 5.22. The van der Waals surface area contributed by atoms with Crippen molar-refractivity contribution in [2.45, 2.75) is 46.0 Å². The lowest BCUT2D eigenvalue weighted by Crippen LogP contribution is -2.34. The zero-order chi connectivity index (χ0) is 10.9. The van der Waals surface area contributed by atoms with E-state index in [0.29, 0.717) is 5.20 Å². The van der Waals surface area contributed by atoms with E-state index in [-0.39, 0.29) is 5.97 Å². The highest BCUT2D eigenvalue weighted by molar-refractivity contribution is 6.86. The molecule has 0 aliphatic carbocycles. The van der Waals surface area contributed by atoms with Crippen molar-refractivity contribution in [1.82, 2.24) is 0 Å². The van der Waals surface area contributed by atoms with Gasteiger partial charge in [0.15, 0.2) is 0 Å². The summed E-state index contributed by atoms with van der Waals surface area (Å²) in [6.45, 7) is 15.6. The van der Waals surface area contributed by atoms with Gasteiger partial charge < -0.3 is 4.74 Å². The number of carbonyl (C=O) groups excluding carboxylic acids is 1. The molecule has 0 heterocycles. The minimum Gasteiger partial charge on any atom is -0.457 e. The molecule has 0 N–H and O–H groups in total. The van der Waals surface area contributed by atoms with Crippen molar-refractivity contribution >= 4 is 14.0 Å². The first-order chi connectivity index (χ1) is 5.54. The van der Waals surface area contributed by atoms with E-state index in [9.17, 15) is 4.79 Å². The van der Waals surface area contributed by atoms with Crippen LogP contribution in [0, 0.1) is 0 Å². The molecule has 0 unspecified atom stereocenters. The Morgan fingerprint density at radius 1 is 1.23 bits per heavy atom. The third kappa shape index (κ3) is 4.88. The van der Waals surface area contributed by atoms with Gasteiger partial charge in [-0.1, -0.05) is 26.2 Å². The number of rotatable bonds is 2. The second-order valence-corrected chi connectivity index (χ2v) is 10.3. The number of carbonyl (C=O) groups is 1. The van der Waals surface area contributed by atoms with Crippen LogP contribution >= 0.6 is 0 Å². The molecule has 0 aromatic carbocycles. The van der Waals surface area contributed by atoms with Crippen molar-refractivity contribution < 1.29 is 9.53 Å². The molecule has 2 nitrogen and oxygen atoms in total. The summed E-state index contributed by atoms with van der Waals surface area (Å²) in [6, 6.07) is 0. The Kier molecular flexibility index (Phi) is 3.50. The van der Waals surface area contributed by atoms with Gasteiger partial charge in [0.05, 0.1) is 8.07 Å². The van der Waals surface area contributed by atoms with Gasteiger partial charge in [-0.25, -0.2) is 4.79 Å². The van der Waals surface area contributed by atoms with E-state index in [1.807, 2.05) is 20.8 Å². The highest BCUT2D eigenvalue weighted by Gasteiger charge is 2.27. The molecule has 0 radical (unpaired) electrons. The van der Waals surface area contributed by atoms with Gasteiger partial charge >= 0.3 is 5.97 Å². The minimum atomic E-state index is -1.59. The molecule has 0 amide bonds. The summed E-state index contributed by atoms with van der Waals surface area (Å²) >= 11 is 0. The van der Waals surface area contributed by atoms with Crippen LogP contribution in [0.5, 0.6) is 0 Å². The maximum absolute atomic E-state index is 11.5. The number of ether oxygens (including phenoxy) is 1. The first-order valence-corrected chi connectivity index (χ1v) is 7.97. The average Bonchev–Trinajstić information content (AvgIpc) is 1.79. The van der Waals surface area contributed by atoms with Crippen molar-refractivity contribution in [1.29, 1.82) is 0 Å². The first kappa shape index (κ1) is 12.4. The Labute approximate surface area is 82.0 Å². The smallest absolute Gasteiger partial charge is 0.329 e. The van der Waals surface area contributed by atoms with Crippen molar-refractivity contribution in [2.24, 2.45) is 0 Å². The van der Waals surface area contributed by atoms with Gasteiger partial charge in [-0.3, -0.25) is 0 Å². The molecule has 76 valence electrons. The molecule has 0 atom stereocenters. The molecule has 0 fully saturated rings. The van der Waals surface area contributed by atoms with E-state index < -0.39 is 13.7 Å². The summed E-state index contributed by atoms with van der Waals surface area (Å²) in [5.74, 6) is -0.244. The fraction of sp³-hybridized carbons (Fsp3) is 0.700. The molecule has 0 aliphatic heterocycles. The number of esters is 1. The molecule has 13 heavy (non-hydrogen) atoms. The standard InChI is InChI=1S/C10H20O2Si/c1-8(13(5,6)7)9(11)12-10(2,3)4/h1H2,2-7H3. The van der Waals surface area contributed by atoms with Gasteiger partial charge in [0, 0.05) is 5.20 Å². The Hall–Kier alpha value is -0.573. The average molecular weight is 200 g/mol. The molecular weight excluding hydrogens is 180 g/mol. The molecular formula is C10H20O2Si. The van der Waals surface area contributed by atoms with Crippen molar-refractivity contribution in [3.8, 4) is 0 Å². The zero-order valence-corrected chi connectivity index (χ0v) is 10.5. The van der Waals surface area contributed by atoms with Crippen LogP contribution in [0.15, 0.2) is 11.8 Å². The lowest BCUT2D eigenvalue weighted by Gasteiger charge is -2.24. The fourth-order valence-corrected chi connectivity index (χ4v) is 1.31. The van der Waals surface area contributed by atoms with E-state index in [4.69, 9.17) is 4.74 Å². The second-order valence-electron chi connectivity index (χ2n) is 5.23. The van der Waals surface area contributed by atoms with E-state index in [2.05, 4.69) is 26.2 Å². The maximum Gasteiger partial charge on any atom is 0.329 e. The Morgan fingerprint density at radius 3 is 1.85 bits per heavy atom. The summed E-state index contributed by atoms with van der Waals surface area (Å²) in [4.78, 5) is 11.5. The van der Waals surface area contributed by atoms with Crippen molar-refractivity contribution in [3.05, 3.63) is 11.8 Å². The topological polar surface area (TPSA) is 26.3 Å².